The Bertz CT molecular complexity index is 1270. The van der Waals surface area contributed by atoms with E-state index in [-0.39, 0.29) is 23.7 Å². The molecule has 0 aromatic heterocycles. The number of carbonyl (C=O) groups is 2. The number of halogens is 1. The van der Waals surface area contributed by atoms with E-state index in [4.69, 9.17) is 9.47 Å². The van der Waals surface area contributed by atoms with E-state index < -0.39 is 11.8 Å². The number of hydrogen-bond donors (Lipinski definition) is 0. The zero-order valence-corrected chi connectivity index (χ0v) is 20.2. The average Bonchev–Trinajstić information content (AvgIpc) is 3.12. The molecule has 34 heavy (non-hydrogen) atoms. The first-order valence-corrected chi connectivity index (χ1v) is 11.9. The molecule has 1 fully saturated rings. The predicted molar refractivity (Wildman–Crippen MR) is 130 cm³/mol. The minimum Gasteiger partial charge on any atom is -0.496 e. The fourth-order valence-electron chi connectivity index (χ4n) is 5.88. The van der Waals surface area contributed by atoms with Crippen molar-refractivity contribution < 1.29 is 19.1 Å². The molecular formula is C27H21BrN2O4. The molecule has 1 aliphatic heterocycles. The van der Waals surface area contributed by atoms with Gasteiger partial charge >= 0.3 is 0 Å². The smallest absolute Gasteiger partial charge is 0.254 e. The molecule has 7 rings (SSSR count). The first kappa shape index (κ1) is 21.1. The van der Waals surface area contributed by atoms with Crippen molar-refractivity contribution in [3.05, 3.63) is 93.0 Å². The van der Waals surface area contributed by atoms with Gasteiger partial charge in [0.25, 0.3) is 11.8 Å². The van der Waals surface area contributed by atoms with E-state index in [1.807, 2.05) is 24.3 Å². The fraction of sp³-hybridized carbons (Fsp3) is 0.222. The van der Waals surface area contributed by atoms with Crippen LogP contribution in [0.3, 0.4) is 0 Å². The number of methoxy groups -OCH3 is 2. The molecule has 4 aliphatic rings. The SMILES string of the molecule is COc1cc(OC)c(/C=N\N2C(=O)[C@@H]3C4c5ccccc5C(c5ccccc54)[C@@H]3C2=O)cc1Br. The third kappa shape index (κ3) is 2.83. The topological polar surface area (TPSA) is 68.2 Å². The molecule has 3 aromatic rings. The Hall–Kier alpha value is -3.45. The normalized spacial score (nSPS) is 24.3. The molecule has 1 heterocycles. The van der Waals surface area contributed by atoms with Gasteiger partial charge in [-0.1, -0.05) is 48.5 Å². The maximum absolute atomic E-state index is 13.6. The van der Waals surface area contributed by atoms with Crippen LogP contribution in [0.5, 0.6) is 11.5 Å². The van der Waals surface area contributed by atoms with Crippen LogP contribution in [0.15, 0.2) is 70.2 Å². The van der Waals surface area contributed by atoms with Crippen molar-refractivity contribution >= 4 is 34.0 Å². The molecule has 0 saturated carbocycles. The Morgan fingerprint density at radius 2 is 1.26 bits per heavy atom. The molecule has 170 valence electrons. The van der Waals surface area contributed by atoms with Crippen LogP contribution in [0.4, 0.5) is 0 Å². The van der Waals surface area contributed by atoms with Crippen LogP contribution in [0.2, 0.25) is 0 Å². The van der Waals surface area contributed by atoms with E-state index >= 15 is 0 Å². The second-order valence-electron chi connectivity index (χ2n) is 8.73. The molecule has 6 nitrogen and oxygen atoms in total. The standard InChI is InChI=1S/C27H21BrN2O4/c1-33-20-12-21(34-2)19(28)11-14(20)13-29-30-26(31)24-22-15-7-3-4-8-16(15)23(25(24)27(30)32)18-10-6-5-9-17(18)22/h3-13,22-25H,1-2H3/b29-13-/t22?,23?,24-,25+. The number of hydrazone groups is 1. The Balaban J connectivity index is 1.42. The summed E-state index contributed by atoms with van der Waals surface area (Å²) in [7, 11) is 3.12. The zero-order chi connectivity index (χ0) is 23.6. The molecule has 2 amide bonds. The van der Waals surface area contributed by atoms with Gasteiger partial charge in [0.05, 0.1) is 36.7 Å². The molecule has 3 aromatic carbocycles. The number of amides is 2. The molecule has 7 heteroatoms. The highest BCUT2D eigenvalue weighted by atomic mass is 79.9. The van der Waals surface area contributed by atoms with Gasteiger partial charge < -0.3 is 9.47 Å². The third-order valence-electron chi connectivity index (χ3n) is 7.24. The largest absolute Gasteiger partial charge is 0.496 e. The summed E-state index contributed by atoms with van der Waals surface area (Å²) in [5.41, 5.74) is 5.18. The van der Waals surface area contributed by atoms with Gasteiger partial charge in [-0.2, -0.15) is 10.1 Å². The average molecular weight is 517 g/mol. The molecule has 2 atom stereocenters. The maximum Gasteiger partial charge on any atom is 0.254 e. The number of hydrogen-bond acceptors (Lipinski definition) is 5. The highest BCUT2D eigenvalue weighted by Gasteiger charge is 2.61. The van der Waals surface area contributed by atoms with Crippen LogP contribution in [0.25, 0.3) is 0 Å². The minimum absolute atomic E-state index is 0.149. The molecule has 1 saturated heterocycles. The van der Waals surface area contributed by atoms with Gasteiger partial charge in [-0.3, -0.25) is 9.59 Å². The van der Waals surface area contributed by atoms with Crippen molar-refractivity contribution in [1.29, 1.82) is 0 Å². The monoisotopic (exact) mass is 516 g/mol. The number of carbonyl (C=O) groups excluding carboxylic acids is 2. The second kappa shape index (κ2) is 7.81. The van der Waals surface area contributed by atoms with Crippen LogP contribution < -0.4 is 9.47 Å². The van der Waals surface area contributed by atoms with Crippen molar-refractivity contribution in [2.45, 2.75) is 11.8 Å². The Kier molecular flexibility index (Phi) is 4.85. The number of ether oxygens (including phenoxy) is 2. The minimum atomic E-state index is -0.455. The molecule has 2 bridgehead atoms. The summed E-state index contributed by atoms with van der Waals surface area (Å²) < 4.78 is 11.5. The molecular weight excluding hydrogens is 496 g/mol. The highest BCUT2D eigenvalue weighted by molar-refractivity contribution is 9.10. The number of imide groups is 1. The van der Waals surface area contributed by atoms with E-state index in [9.17, 15) is 9.59 Å². The first-order valence-electron chi connectivity index (χ1n) is 11.1. The lowest BCUT2D eigenvalue weighted by Gasteiger charge is -2.45. The Morgan fingerprint density at radius 1 is 0.794 bits per heavy atom. The fourth-order valence-corrected chi connectivity index (χ4v) is 6.40. The van der Waals surface area contributed by atoms with Crippen LogP contribution in [-0.4, -0.2) is 37.3 Å². The summed E-state index contributed by atoms with van der Waals surface area (Å²) in [6.07, 6.45) is 1.50. The van der Waals surface area contributed by atoms with Crippen LogP contribution in [0.1, 0.15) is 39.7 Å². The zero-order valence-electron chi connectivity index (χ0n) is 18.6. The summed E-state index contributed by atoms with van der Waals surface area (Å²) >= 11 is 3.47. The number of rotatable bonds is 4. The first-order chi connectivity index (χ1) is 16.5. The highest BCUT2D eigenvalue weighted by Crippen LogP contribution is 2.60. The molecule has 0 spiro atoms. The maximum atomic E-state index is 13.6. The third-order valence-corrected chi connectivity index (χ3v) is 7.86. The van der Waals surface area contributed by atoms with Crippen molar-refractivity contribution in [3.63, 3.8) is 0 Å². The molecule has 0 N–H and O–H groups in total. The Morgan fingerprint density at radius 3 is 1.71 bits per heavy atom. The quantitative estimate of drug-likeness (QED) is 0.372. The number of benzene rings is 3. The van der Waals surface area contributed by atoms with E-state index in [0.29, 0.717) is 21.5 Å². The van der Waals surface area contributed by atoms with Crippen molar-refractivity contribution in [2.24, 2.45) is 16.9 Å². The van der Waals surface area contributed by atoms with Gasteiger partial charge in [0, 0.05) is 23.5 Å². The summed E-state index contributed by atoms with van der Waals surface area (Å²) in [4.78, 5) is 27.3. The van der Waals surface area contributed by atoms with Gasteiger partial charge in [0.15, 0.2) is 0 Å². The van der Waals surface area contributed by atoms with Crippen molar-refractivity contribution in [3.8, 4) is 11.5 Å². The van der Waals surface area contributed by atoms with Gasteiger partial charge in [0.1, 0.15) is 11.5 Å². The summed E-state index contributed by atoms with van der Waals surface area (Å²) in [6, 6.07) is 19.9. The summed E-state index contributed by atoms with van der Waals surface area (Å²) in [6.45, 7) is 0. The van der Waals surface area contributed by atoms with Crippen molar-refractivity contribution in [1.82, 2.24) is 5.01 Å². The molecule has 3 aliphatic carbocycles. The second-order valence-corrected chi connectivity index (χ2v) is 9.58. The van der Waals surface area contributed by atoms with E-state index in [0.717, 1.165) is 27.3 Å². The lowest BCUT2D eigenvalue weighted by Crippen LogP contribution is -2.41. The van der Waals surface area contributed by atoms with Gasteiger partial charge in [0.2, 0.25) is 0 Å². The predicted octanol–water partition coefficient (Wildman–Crippen LogP) is 4.69. The molecule has 0 unspecified atom stereocenters. The van der Waals surface area contributed by atoms with E-state index in [1.165, 1.54) is 6.21 Å². The van der Waals surface area contributed by atoms with E-state index in [1.54, 1.807) is 26.4 Å². The lowest BCUT2D eigenvalue weighted by atomic mass is 9.55. The van der Waals surface area contributed by atoms with Gasteiger partial charge in [-0.15, -0.1) is 0 Å². The summed E-state index contributed by atoms with van der Waals surface area (Å²) in [5.74, 6) is -0.574. The molecule has 0 radical (unpaired) electrons. The van der Waals surface area contributed by atoms with Gasteiger partial charge in [-0.05, 0) is 44.3 Å². The Labute approximate surface area is 205 Å². The number of nitrogens with zero attached hydrogens (tertiary/aromatic N) is 2. The van der Waals surface area contributed by atoms with Crippen LogP contribution in [0, 0.1) is 11.8 Å². The lowest BCUT2D eigenvalue weighted by molar-refractivity contribution is -0.139. The summed E-state index contributed by atoms with van der Waals surface area (Å²) in [5, 5.41) is 5.43. The van der Waals surface area contributed by atoms with Crippen LogP contribution in [-0.2, 0) is 9.59 Å². The van der Waals surface area contributed by atoms with E-state index in [2.05, 4.69) is 45.3 Å². The van der Waals surface area contributed by atoms with Gasteiger partial charge in [-0.25, -0.2) is 0 Å². The van der Waals surface area contributed by atoms with Crippen molar-refractivity contribution in [2.75, 3.05) is 14.2 Å². The van der Waals surface area contributed by atoms with Crippen LogP contribution >= 0.6 is 15.9 Å².